The van der Waals surface area contributed by atoms with Crippen molar-refractivity contribution in [1.82, 2.24) is 4.72 Å². The van der Waals surface area contributed by atoms with Gasteiger partial charge in [-0.2, -0.15) is 5.26 Å². The van der Waals surface area contributed by atoms with Gasteiger partial charge in [0.05, 0.1) is 15.5 Å². The fraction of sp³-hybridized carbons (Fsp3) is 0.250. The van der Waals surface area contributed by atoms with E-state index in [9.17, 15) is 8.42 Å². The molecule has 0 fully saturated rings. The molecule has 0 bridgehead atoms. The molecule has 1 aromatic carbocycles. The Morgan fingerprint density at radius 1 is 1.33 bits per heavy atom. The van der Waals surface area contributed by atoms with Crippen LogP contribution in [0.15, 0.2) is 35.2 Å². The molecule has 4 nitrogen and oxygen atoms in total. The highest BCUT2D eigenvalue weighted by Gasteiger charge is 2.21. The first-order valence-corrected chi connectivity index (χ1v) is 7.26. The van der Waals surface area contributed by atoms with E-state index in [0.29, 0.717) is 12.8 Å². The monoisotopic (exact) mass is 282 g/mol. The predicted molar refractivity (Wildman–Crippen MR) is 68.7 cm³/mol. The summed E-state index contributed by atoms with van der Waals surface area (Å²) in [7, 11) is -3.58. The molecule has 0 saturated carbocycles. The molecule has 0 spiro atoms. The zero-order valence-electron chi connectivity index (χ0n) is 9.43. The Balaban J connectivity index is 2.24. The smallest absolute Gasteiger partial charge is 0.207 e. The maximum atomic E-state index is 12.1. The SMILES string of the molecule is N#Cc1ccc(S(=O)(=O)NC2CC=CC2)cc1Cl. The molecule has 1 N–H and O–H groups in total. The molecule has 0 saturated heterocycles. The predicted octanol–water partition coefficient (Wildman–Crippen LogP) is 2.21. The Morgan fingerprint density at radius 2 is 2.00 bits per heavy atom. The van der Waals surface area contributed by atoms with Gasteiger partial charge >= 0.3 is 0 Å². The molecule has 0 atom stereocenters. The van der Waals surface area contributed by atoms with Gasteiger partial charge in [0.1, 0.15) is 6.07 Å². The van der Waals surface area contributed by atoms with Gasteiger partial charge in [-0.05, 0) is 31.0 Å². The zero-order chi connectivity index (χ0) is 13.2. The highest BCUT2D eigenvalue weighted by atomic mass is 35.5. The van der Waals surface area contributed by atoms with Gasteiger partial charge in [-0.15, -0.1) is 0 Å². The molecule has 2 rings (SSSR count). The Morgan fingerprint density at radius 3 is 2.56 bits per heavy atom. The topological polar surface area (TPSA) is 70.0 Å². The molecule has 1 aliphatic rings. The van der Waals surface area contributed by atoms with E-state index in [4.69, 9.17) is 16.9 Å². The number of nitriles is 1. The minimum atomic E-state index is -3.58. The van der Waals surface area contributed by atoms with Gasteiger partial charge in [0, 0.05) is 6.04 Å². The molecule has 18 heavy (non-hydrogen) atoms. The first-order valence-electron chi connectivity index (χ1n) is 5.40. The summed E-state index contributed by atoms with van der Waals surface area (Å²) in [6.45, 7) is 0. The van der Waals surface area contributed by atoms with E-state index in [2.05, 4.69) is 4.72 Å². The van der Waals surface area contributed by atoms with Crippen molar-refractivity contribution in [2.75, 3.05) is 0 Å². The van der Waals surface area contributed by atoms with E-state index in [-0.39, 0.29) is 21.5 Å². The summed E-state index contributed by atoms with van der Waals surface area (Å²) in [5, 5.41) is 8.88. The second kappa shape index (κ2) is 5.11. The fourth-order valence-corrected chi connectivity index (χ4v) is 3.33. The van der Waals surface area contributed by atoms with Gasteiger partial charge in [0.2, 0.25) is 10.0 Å². The fourth-order valence-electron chi connectivity index (χ4n) is 1.75. The molecule has 0 aromatic heterocycles. The van der Waals surface area contributed by atoms with E-state index in [1.54, 1.807) is 0 Å². The Labute approximate surface area is 111 Å². The third-order valence-electron chi connectivity index (χ3n) is 2.70. The first kappa shape index (κ1) is 13.1. The van der Waals surface area contributed by atoms with E-state index in [0.717, 1.165) is 0 Å². The number of nitrogens with zero attached hydrogens (tertiary/aromatic N) is 1. The van der Waals surface area contributed by atoms with Crippen molar-refractivity contribution in [3.05, 3.63) is 40.9 Å². The number of hydrogen-bond acceptors (Lipinski definition) is 3. The molecule has 0 radical (unpaired) electrons. The number of nitrogens with one attached hydrogen (secondary N) is 1. The van der Waals surface area contributed by atoms with Crippen molar-refractivity contribution in [2.24, 2.45) is 0 Å². The molecule has 1 aromatic rings. The van der Waals surface area contributed by atoms with Gasteiger partial charge in [0.15, 0.2) is 0 Å². The van der Waals surface area contributed by atoms with Crippen LogP contribution < -0.4 is 4.72 Å². The lowest BCUT2D eigenvalue weighted by molar-refractivity contribution is 0.557. The highest BCUT2D eigenvalue weighted by molar-refractivity contribution is 7.89. The van der Waals surface area contributed by atoms with Crippen LogP contribution >= 0.6 is 11.6 Å². The van der Waals surface area contributed by atoms with Crippen LogP contribution in [0.3, 0.4) is 0 Å². The molecule has 0 aliphatic heterocycles. The van der Waals surface area contributed by atoms with Crippen LogP contribution in [-0.2, 0) is 10.0 Å². The van der Waals surface area contributed by atoms with Gasteiger partial charge in [0.25, 0.3) is 0 Å². The third kappa shape index (κ3) is 2.72. The van der Waals surface area contributed by atoms with E-state index in [1.165, 1.54) is 18.2 Å². The summed E-state index contributed by atoms with van der Waals surface area (Å²) in [5.41, 5.74) is 0.262. The van der Waals surface area contributed by atoms with E-state index >= 15 is 0 Å². The second-order valence-electron chi connectivity index (χ2n) is 4.01. The standard InChI is InChI=1S/C12H11ClN2O2S/c13-12-7-11(6-5-9(12)8-14)18(16,17)15-10-3-1-2-4-10/h1-2,5-7,10,15H,3-4H2. The second-order valence-corrected chi connectivity index (χ2v) is 6.14. The molecule has 0 unspecified atom stereocenters. The minimum Gasteiger partial charge on any atom is -0.207 e. The quantitative estimate of drug-likeness (QED) is 0.864. The summed E-state index contributed by atoms with van der Waals surface area (Å²) in [6.07, 6.45) is 5.28. The molecule has 0 heterocycles. The number of rotatable bonds is 3. The van der Waals surface area contributed by atoms with Crippen LogP contribution in [0, 0.1) is 11.3 Å². The van der Waals surface area contributed by atoms with Crippen LogP contribution in [0.2, 0.25) is 5.02 Å². The molecular weight excluding hydrogens is 272 g/mol. The molecule has 0 amide bonds. The lowest BCUT2D eigenvalue weighted by Gasteiger charge is -2.12. The molecule has 6 heteroatoms. The van der Waals surface area contributed by atoms with Crippen molar-refractivity contribution in [1.29, 1.82) is 5.26 Å². The lowest BCUT2D eigenvalue weighted by atomic mass is 10.2. The van der Waals surface area contributed by atoms with Crippen LogP contribution in [-0.4, -0.2) is 14.5 Å². The van der Waals surface area contributed by atoms with Crippen molar-refractivity contribution >= 4 is 21.6 Å². The van der Waals surface area contributed by atoms with Crippen LogP contribution in [0.25, 0.3) is 0 Å². The number of halogens is 1. The minimum absolute atomic E-state index is 0.0819. The number of sulfonamides is 1. The summed E-state index contributed by atoms with van der Waals surface area (Å²) in [5.74, 6) is 0. The average Bonchev–Trinajstić information content (AvgIpc) is 2.81. The Bertz CT molecular complexity index is 624. The van der Waals surface area contributed by atoms with Gasteiger partial charge in [-0.3, -0.25) is 0 Å². The summed E-state index contributed by atoms with van der Waals surface area (Å²) >= 11 is 5.83. The molecular formula is C12H11ClN2O2S. The lowest BCUT2D eigenvalue weighted by Crippen LogP contribution is -2.32. The van der Waals surface area contributed by atoms with Gasteiger partial charge in [-0.25, -0.2) is 13.1 Å². The van der Waals surface area contributed by atoms with Crippen molar-refractivity contribution < 1.29 is 8.42 Å². The summed E-state index contributed by atoms with van der Waals surface area (Å²) in [4.78, 5) is 0.0819. The highest BCUT2D eigenvalue weighted by Crippen LogP contribution is 2.21. The average molecular weight is 283 g/mol. The normalized spacial score (nSPS) is 15.8. The third-order valence-corrected chi connectivity index (χ3v) is 4.53. The van der Waals surface area contributed by atoms with Crippen molar-refractivity contribution in [3.8, 4) is 6.07 Å². The van der Waals surface area contributed by atoms with Gasteiger partial charge in [-0.1, -0.05) is 23.8 Å². The van der Waals surface area contributed by atoms with Crippen LogP contribution in [0.4, 0.5) is 0 Å². The number of benzene rings is 1. The van der Waals surface area contributed by atoms with Crippen LogP contribution in [0.1, 0.15) is 18.4 Å². The molecule has 94 valence electrons. The molecule has 1 aliphatic carbocycles. The van der Waals surface area contributed by atoms with Crippen molar-refractivity contribution in [2.45, 2.75) is 23.8 Å². The summed E-state index contributed by atoms with van der Waals surface area (Å²) < 4.78 is 26.7. The first-order chi connectivity index (χ1) is 8.53. The largest absolute Gasteiger partial charge is 0.240 e. The van der Waals surface area contributed by atoms with E-state index < -0.39 is 10.0 Å². The van der Waals surface area contributed by atoms with Crippen LogP contribution in [0.5, 0.6) is 0 Å². The Kier molecular flexibility index (Phi) is 3.71. The number of hydrogen-bond donors (Lipinski definition) is 1. The summed E-state index contributed by atoms with van der Waals surface area (Å²) in [6, 6.07) is 5.88. The Hall–Kier alpha value is -1.35. The van der Waals surface area contributed by atoms with E-state index in [1.807, 2.05) is 18.2 Å². The maximum Gasteiger partial charge on any atom is 0.240 e. The maximum absolute atomic E-state index is 12.1. The van der Waals surface area contributed by atoms with Gasteiger partial charge < -0.3 is 0 Å². The van der Waals surface area contributed by atoms with Crippen molar-refractivity contribution in [3.63, 3.8) is 0 Å². The zero-order valence-corrected chi connectivity index (χ0v) is 11.0.